The van der Waals surface area contributed by atoms with E-state index in [1.54, 1.807) is 32.9 Å². The van der Waals surface area contributed by atoms with Crippen molar-refractivity contribution in [1.82, 2.24) is 9.29 Å². The van der Waals surface area contributed by atoms with Gasteiger partial charge in [-0.1, -0.05) is 13.8 Å². The van der Waals surface area contributed by atoms with Crippen LogP contribution in [0.2, 0.25) is 0 Å². The third-order valence-electron chi connectivity index (χ3n) is 4.63. The molecule has 29 heavy (non-hydrogen) atoms. The first-order chi connectivity index (χ1) is 13.7. The van der Waals surface area contributed by atoms with Crippen molar-refractivity contribution in [2.24, 2.45) is 4.99 Å². The first kappa shape index (κ1) is 22.8. The standard InChI is InChI=1S/C20H28N4O4S/c1-6-24(7-2)29(27,28)16-8-9-19(23(4)5)18(10-16)22-12-17-15(13-25)11-21-14(3)20(17)26/h8-12,25-26H,6-7,13H2,1-5H3. The van der Waals surface area contributed by atoms with Crippen LogP contribution in [0.25, 0.3) is 0 Å². The summed E-state index contributed by atoms with van der Waals surface area (Å²) in [7, 11) is 0.0316. The third-order valence-corrected chi connectivity index (χ3v) is 6.68. The molecule has 1 aromatic carbocycles. The van der Waals surface area contributed by atoms with Crippen LogP contribution in [0.5, 0.6) is 5.75 Å². The van der Waals surface area contributed by atoms with Crippen molar-refractivity contribution in [2.45, 2.75) is 32.3 Å². The lowest BCUT2D eigenvalue weighted by Gasteiger charge is -2.20. The number of hydrogen-bond acceptors (Lipinski definition) is 7. The molecule has 0 fully saturated rings. The lowest BCUT2D eigenvalue weighted by atomic mass is 10.1. The smallest absolute Gasteiger partial charge is 0.243 e. The summed E-state index contributed by atoms with van der Waals surface area (Å²) >= 11 is 0. The molecule has 0 aliphatic rings. The van der Waals surface area contributed by atoms with Crippen LogP contribution in [-0.2, 0) is 16.6 Å². The molecule has 0 saturated heterocycles. The second-order valence-electron chi connectivity index (χ2n) is 6.68. The van der Waals surface area contributed by atoms with Crippen LogP contribution in [0.3, 0.4) is 0 Å². The van der Waals surface area contributed by atoms with Crippen molar-refractivity contribution in [3.63, 3.8) is 0 Å². The number of aryl methyl sites for hydroxylation is 1. The predicted octanol–water partition coefficient (Wildman–Crippen LogP) is 2.44. The predicted molar refractivity (Wildman–Crippen MR) is 115 cm³/mol. The fourth-order valence-electron chi connectivity index (χ4n) is 2.91. The Kier molecular flexibility index (Phi) is 7.34. The second-order valence-corrected chi connectivity index (χ2v) is 8.62. The van der Waals surface area contributed by atoms with E-state index in [-0.39, 0.29) is 17.3 Å². The molecule has 2 N–H and O–H groups in total. The van der Waals surface area contributed by atoms with E-state index >= 15 is 0 Å². The van der Waals surface area contributed by atoms with Crippen LogP contribution in [-0.4, -0.2) is 61.3 Å². The van der Waals surface area contributed by atoms with Gasteiger partial charge >= 0.3 is 0 Å². The number of pyridine rings is 1. The molecular formula is C20H28N4O4S. The molecule has 0 unspecified atom stereocenters. The number of aromatic hydroxyl groups is 1. The van der Waals surface area contributed by atoms with Crippen LogP contribution in [0.15, 0.2) is 34.3 Å². The van der Waals surface area contributed by atoms with Gasteiger partial charge in [-0.15, -0.1) is 0 Å². The Morgan fingerprint density at radius 2 is 1.86 bits per heavy atom. The van der Waals surface area contributed by atoms with E-state index in [1.807, 2.05) is 19.0 Å². The quantitative estimate of drug-likeness (QED) is 0.636. The fraction of sp³-hybridized carbons (Fsp3) is 0.400. The van der Waals surface area contributed by atoms with Crippen molar-refractivity contribution < 1.29 is 18.6 Å². The number of aromatic nitrogens is 1. The number of sulfonamides is 1. The number of aliphatic hydroxyl groups is 1. The van der Waals surface area contributed by atoms with Crippen LogP contribution in [0.1, 0.15) is 30.7 Å². The molecule has 1 aromatic heterocycles. The van der Waals surface area contributed by atoms with Crippen LogP contribution in [0.4, 0.5) is 11.4 Å². The van der Waals surface area contributed by atoms with Gasteiger partial charge in [0.15, 0.2) is 0 Å². The normalized spacial score (nSPS) is 12.1. The number of nitrogens with zero attached hydrogens (tertiary/aromatic N) is 4. The second kappa shape index (κ2) is 9.34. The zero-order valence-corrected chi connectivity index (χ0v) is 18.2. The van der Waals surface area contributed by atoms with E-state index in [4.69, 9.17) is 0 Å². The minimum Gasteiger partial charge on any atom is -0.505 e. The number of rotatable bonds is 8. The number of aliphatic imine (C=N–C) groups is 1. The molecule has 0 amide bonds. The molecule has 0 atom stereocenters. The Bertz CT molecular complexity index is 1000. The highest BCUT2D eigenvalue weighted by Crippen LogP contribution is 2.32. The summed E-state index contributed by atoms with van der Waals surface area (Å²) in [4.78, 5) is 10.4. The molecule has 0 spiro atoms. The molecule has 2 rings (SSSR count). The van der Waals surface area contributed by atoms with Crippen molar-refractivity contribution in [3.05, 3.63) is 41.2 Å². The van der Waals surface area contributed by atoms with Gasteiger partial charge in [-0.3, -0.25) is 9.98 Å². The Balaban J connectivity index is 2.61. The molecule has 0 aliphatic carbocycles. The average Bonchev–Trinajstić information content (AvgIpc) is 2.69. The van der Waals surface area contributed by atoms with E-state index < -0.39 is 10.0 Å². The fourth-order valence-corrected chi connectivity index (χ4v) is 4.39. The molecule has 0 saturated carbocycles. The van der Waals surface area contributed by atoms with E-state index in [0.29, 0.717) is 35.6 Å². The summed E-state index contributed by atoms with van der Waals surface area (Å²) in [5.41, 5.74) is 2.34. The first-order valence-electron chi connectivity index (χ1n) is 9.31. The van der Waals surface area contributed by atoms with E-state index in [9.17, 15) is 18.6 Å². The minimum atomic E-state index is -3.64. The first-order valence-corrected chi connectivity index (χ1v) is 10.7. The van der Waals surface area contributed by atoms with Crippen molar-refractivity contribution in [3.8, 4) is 5.75 Å². The molecule has 1 heterocycles. The summed E-state index contributed by atoms with van der Waals surface area (Å²) < 4.78 is 27.1. The van der Waals surface area contributed by atoms with Gasteiger partial charge in [0.1, 0.15) is 5.75 Å². The van der Waals surface area contributed by atoms with Crippen molar-refractivity contribution in [1.29, 1.82) is 0 Å². The van der Waals surface area contributed by atoms with E-state index in [0.717, 1.165) is 5.69 Å². The Labute approximate surface area is 172 Å². The molecule has 0 bridgehead atoms. The lowest BCUT2D eigenvalue weighted by Crippen LogP contribution is -2.30. The number of benzene rings is 1. The van der Waals surface area contributed by atoms with Crippen LogP contribution >= 0.6 is 0 Å². The maximum Gasteiger partial charge on any atom is 0.243 e. The van der Waals surface area contributed by atoms with Crippen LogP contribution in [0, 0.1) is 6.92 Å². The highest BCUT2D eigenvalue weighted by molar-refractivity contribution is 7.89. The molecule has 0 radical (unpaired) electrons. The largest absolute Gasteiger partial charge is 0.505 e. The minimum absolute atomic E-state index is 0.0707. The van der Waals surface area contributed by atoms with Gasteiger partial charge in [0.25, 0.3) is 0 Å². The summed E-state index contributed by atoms with van der Waals surface area (Å²) in [5, 5.41) is 19.8. The maximum atomic E-state index is 12.9. The number of hydrogen-bond donors (Lipinski definition) is 2. The highest BCUT2D eigenvalue weighted by atomic mass is 32.2. The Morgan fingerprint density at radius 1 is 1.21 bits per heavy atom. The zero-order valence-electron chi connectivity index (χ0n) is 17.4. The molecule has 9 heteroatoms. The van der Waals surface area contributed by atoms with Gasteiger partial charge in [0, 0.05) is 50.7 Å². The average molecular weight is 421 g/mol. The van der Waals surface area contributed by atoms with Gasteiger partial charge < -0.3 is 15.1 Å². The van der Waals surface area contributed by atoms with Crippen LogP contribution < -0.4 is 4.90 Å². The van der Waals surface area contributed by atoms with E-state index in [2.05, 4.69) is 9.98 Å². The maximum absolute atomic E-state index is 12.9. The van der Waals surface area contributed by atoms with Gasteiger partial charge in [-0.05, 0) is 25.1 Å². The summed E-state index contributed by atoms with van der Waals surface area (Å²) in [5.74, 6) is -0.0707. The van der Waals surface area contributed by atoms with Crippen molar-refractivity contribution in [2.75, 3.05) is 32.1 Å². The van der Waals surface area contributed by atoms with Crippen molar-refractivity contribution >= 4 is 27.6 Å². The monoisotopic (exact) mass is 420 g/mol. The Hall–Kier alpha value is -2.49. The van der Waals surface area contributed by atoms with Gasteiger partial charge in [-0.2, -0.15) is 4.31 Å². The van der Waals surface area contributed by atoms with Gasteiger partial charge in [0.2, 0.25) is 10.0 Å². The summed E-state index contributed by atoms with van der Waals surface area (Å²) in [6, 6.07) is 4.78. The number of aliphatic hydroxyl groups excluding tert-OH is 1. The molecule has 0 aliphatic heterocycles. The summed E-state index contributed by atoms with van der Waals surface area (Å²) in [6.45, 7) is 5.67. The molecule has 2 aromatic rings. The zero-order chi connectivity index (χ0) is 21.8. The summed E-state index contributed by atoms with van der Waals surface area (Å²) in [6.07, 6.45) is 2.90. The molecule has 158 valence electrons. The molecule has 8 nitrogen and oxygen atoms in total. The van der Waals surface area contributed by atoms with Gasteiger partial charge in [0.05, 0.1) is 28.6 Å². The lowest BCUT2D eigenvalue weighted by molar-refractivity contribution is 0.280. The topological polar surface area (TPSA) is 106 Å². The number of anilines is 1. The van der Waals surface area contributed by atoms with E-state index in [1.165, 1.54) is 22.8 Å². The SMILES string of the molecule is CCN(CC)S(=O)(=O)c1ccc(N(C)C)c(N=Cc2c(CO)cnc(C)c2O)c1. The highest BCUT2D eigenvalue weighted by Gasteiger charge is 2.23. The molecular weight excluding hydrogens is 392 g/mol. The Morgan fingerprint density at radius 3 is 2.41 bits per heavy atom. The third kappa shape index (κ3) is 4.75. The van der Waals surface area contributed by atoms with Gasteiger partial charge in [-0.25, -0.2) is 8.42 Å².